The van der Waals surface area contributed by atoms with Crippen LogP contribution in [0.5, 0.6) is 11.6 Å². The number of halogens is 3. The fourth-order valence-electron chi connectivity index (χ4n) is 3.02. The molecule has 0 aliphatic carbocycles. The quantitative estimate of drug-likeness (QED) is 0.187. The van der Waals surface area contributed by atoms with E-state index in [0.717, 1.165) is 17.2 Å². The first-order valence-electron chi connectivity index (χ1n) is 10.4. The predicted octanol–water partition coefficient (Wildman–Crippen LogP) is 3.95. The van der Waals surface area contributed by atoms with Crippen molar-refractivity contribution in [2.24, 2.45) is 5.73 Å². The molecule has 11 heteroatoms. The molecule has 0 fully saturated rings. The number of methoxy groups -OCH3 is 1. The number of amides is 1. The van der Waals surface area contributed by atoms with Gasteiger partial charge >= 0.3 is 12.1 Å². The zero-order chi connectivity index (χ0) is 26.3. The third-order valence-electron chi connectivity index (χ3n) is 4.86. The van der Waals surface area contributed by atoms with E-state index in [2.05, 4.69) is 15.0 Å². The average molecular weight is 498 g/mol. The molecule has 3 rings (SSSR count). The van der Waals surface area contributed by atoms with Crippen LogP contribution >= 0.6 is 0 Å². The molecule has 0 saturated carbocycles. The van der Waals surface area contributed by atoms with E-state index in [-0.39, 0.29) is 35.2 Å². The van der Waals surface area contributed by atoms with E-state index in [1.807, 2.05) is 6.07 Å². The van der Waals surface area contributed by atoms with Crippen LogP contribution in [0.1, 0.15) is 21.5 Å². The number of rotatable bonds is 8. The van der Waals surface area contributed by atoms with Crippen LogP contribution in [-0.2, 0) is 4.79 Å². The second-order valence-corrected chi connectivity index (χ2v) is 7.33. The van der Waals surface area contributed by atoms with Gasteiger partial charge in [-0.1, -0.05) is 24.3 Å². The molecule has 1 amide bonds. The van der Waals surface area contributed by atoms with E-state index in [9.17, 15) is 22.8 Å². The highest BCUT2D eigenvalue weighted by Gasteiger charge is 2.41. The van der Waals surface area contributed by atoms with Crippen LogP contribution in [0.3, 0.4) is 0 Å². The van der Waals surface area contributed by atoms with Gasteiger partial charge in [-0.2, -0.15) is 13.2 Å². The summed E-state index contributed by atoms with van der Waals surface area (Å²) in [6.07, 6.45) is -0.710. The molecule has 0 unspecified atom stereocenters. The van der Waals surface area contributed by atoms with Crippen molar-refractivity contribution in [1.29, 1.82) is 5.41 Å². The lowest BCUT2D eigenvalue weighted by Gasteiger charge is -2.11. The van der Waals surface area contributed by atoms with Gasteiger partial charge in [0.1, 0.15) is 11.6 Å². The first-order chi connectivity index (χ1) is 17.1. The summed E-state index contributed by atoms with van der Waals surface area (Å²) < 4.78 is 47.2. The Bertz CT molecular complexity index is 1290. The lowest BCUT2D eigenvalue weighted by Crippen LogP contribution is -2.28. The van der Waals surface area contributed by atoms with Crippen molar-refractivity contribution >= 4 is 23.8 Å². The molecular weight excluding hydrogens is 477 g/mol. The van der Waals surface area contributed by atoms with Gasteiger partial charge in [0.15, 0.2) is 0 Å². The van der Waals surface area contributed by atoms with Crippen molar-refractivity contribution in [2.75, 3.05) is 13.7 Å². The maximum absolute atomic E-state index is 12.6. The van der Waals surface area contributed by atoms with Crippen molar-refractivity contribution in [2.45, 2.75) is 6.18 Å². The SMILES string of the molecule is COc1ccc(-c2ccc(C(=O)NC/C=C/c3cc(C(=N)N)ccc3OC(=O)C(F)(F)F)cc2)cn1. The Morgan fingerprint density at radius 1 is 1.06 bits per heavy atom. The number of alkyl halides is 3. The van der Waals surface area contributed by atoms with Crippen molar-refractivity contribution in [1.82, 2.24) is 10.3 Å². The monoisotopic (exact) mass is 498 g/mol. The Morgan fingerprint density at radius 3 is 2.31 bits per heavy atom. The first-order valence-corrected chi connectivity index (χ1v) is 10.4. The van der Waals surface area contributed by atoms with Gasteiger partial charge in [-0.15, -0.1) is 0 Å². The number of pyridine rings is 1. The number of hydrogen-bond donors (Lipinski definition) is 3. The number of carbonyl (C=O) groups is 2. The van der Waals surface area contributed by atoms with E-state index >= 15 is 0 Å². The van der Waals surface area contributed by atoms with Gasteiger partial charge in [-0.3, -0.25) is 10.2 Å². The van der Waals surface area contributed by atoms with Gasteiger partial charge in [-0.05, 0) is 42.0 Å². The number of ether oxygens (including phenoxy) is 2. The van der Waals surface area contributed by atoms with Crippen molar-refractivity contribution in [3.8, 4) is 22.8 Å². The number of hydrogen-bond acceptors (Lipinski definition) is 6. The smallest absolute Gasteiger partial charge is 0.481 e. The zero-order valence-corrected chi connectivity index (χ0v) is 18.9. The summed E-state index contributed by atoms with van der Waals surface area (Å²) in [5.41, 5.74) is 7.82. The number of amidine groups is 1. The normalized spacial score (nSPS) is 11.2. The number of nitrogen functional groups attached to an aromatic ring is 1. The lowest BCUT2D eigenvalue weighted by atomic mass is 10.1. The van der Waals surface area contributed by atoms with Crippen molar-refractivity contribution < 1.29 is 32.2 Å². The van der Waals surface area contributed by atoms with Gasteiger partial charge in [0.05, 0.1) is 7.11 Å². The maximum atomic E-state index is 12.6. The molecule has 1 aromatic heterocycles. The topological polar surface area (TPSA) is 127 Å². The Labute approximate surface area is 204 Å². The largest absolute Gasteiger partial charge is 0.491 e. The molecule has 0 saturated heterocycles. The third kappa shape index (κ3) is 6.69. The van der Waals surface area contributed by atoms with Crippen molar-refractivity contribution in [3.05, 3.63) is 83.6 Å². The highest BCUT2D eigenvalue weighted by molar-refractivity contribution is 5.96. The van der Waals surface area contributed by atoms with E-state index in [4.69, 9.17) is 15.9 Å². The van der Waals surface area contributed by atoms with Crippen LogP contribution in [0, 0.1) is 5.41 Å². The molecule has 1 heterocycles. The molecule has 8 nitrogen and oxygen atoms in total. The highest BCUT2D eigenvalue weighted by atomic mass is 19.4. The molecule has 0 spiro atoms. The molecule has 2 aromatic carbocycles. The highest BCUT2D eigenvalue weighted by Crippen LogP contribution is 2.26. The summed E-state index contributed by atoms with van der Waals surface area (Å²) in [5.74, 6) is -2.95. The summed E-state index contributed by atoms with van der Waals surface area (Å²) in [7, 11) is 1.52. The number of esters is 1. The summed E-state index contributed by atoms with van der Waals surface area (Å²) in [5, 5.41) is 10.2. The standard InChI is InChI=1S/C25H21F3N4O4/c1-35-21-11-9-19(14-32-21)15-4-6-16(7-5-15)23(33)31-12-2-3-17-13-18(22(29)30)8-10-20(17)36-24(34)25(26,27)28/h2-11,13-14H,12H2,1H3,(H3,29,30)(H,31,33)/b3-2+. The first kappa shape index (κ1) is 25.9. The summed E-state index contributed by atoms with van der Waals surface area (Å²) in [6.45, 7) is 0.0277. The van der Waals surface area contributed by atoms with Crippen LogP contribution in [0.4, 0.5) is 13.2 Å². The molecule has 3 aromatic rings. The zero-order valence-electron chi connectivity index (χ0n) is 18.9. The van der Waals surface area contributed by atoms with Crippen LogP contribution in [0.2, 0.25) is 0 Å². The Hall–Kier alpha value is -4.67. The van der Waals surface area contributed by atoms with Crippen LogP contribution < -0.4 is 20.5 Å². The Balaban J connectivity index is 1.66. The number of benzene rings is 2. The molecule has 0 radical (unpaired) electrons. The number of carbonyl (C=O) groups excluding carboxylic acids is 2. The van der Waals surface area contributed by atoms with Gasteiger partial charge in [0.25, 0.3) is 5.91 Å². The molecule has 0 aliphatic rings. The van der Waals surface area contributed by atoms with Gasteiger partial charge in [0.2, 0.25) is 5.88 Å². The summed E-state index contributed by atoms with van der Waals surface area (Å²) in [6, 6.07) is 14.0. The minimum absolute atomic E-state index is 0.0277. The summed E-state index contributed by atoms with van der Waals surface area (Å²) >= 11 is 0. The van der Waals surface area contributed by atoms with Gasteiger partial charge in [-0.25, -0.2) is 9.78 Å². The number of nitrogens with two attached hydrogens (primary N) is 1. The Kier molecular flexibility index (Phi) is 8.05. The molecule has 0 bridgehead atoms. The van der Waals surface area contributed by atoms with Gasteiger partial charge in [0, 0.05) is 41.1 Å². The average Bonchev–Trinajstić information content (AvgIpc) is 2.86. The molecular formula is C25H21F3N4O4. The fraction of sp³-hybridized carbons (Fsp3) is 0.120. The van der Waals surface area contributed by atoms with Crippen LogP contribution in [0.25, 0.3) is 17.2 Å². The number of nitrogens with one attached hydrogen (secondary N) is 2. The second-order valence-electron chi connectivity index (χ2n) is 7.33. The van der Waals surface area contributed by atoms with Crippen LogP contribution in [-0.4, -0.2) is 42.5 Å². The number of aromatic nitrogens is 1. The predicted molar refractivity (Wildman–Crippen MR) is 127 cm³/mol. The molecule has 186 valence electrons. The Morgan fingerprint density at radius 2 is 1.72 bits per heavy atom. The van der Waals surface area contributed by atoms with E-state index in [1.54, 1.807) is 36.5 Å². The van der Waals surface area contributed by atoms with E-state index in [1.165, 1.54) is 31.4 Å². The number of nitrogens with zero attached hydrogens (tertiary/aromatic N) is 1. The summed E-state index contributed by atoms with van der Waals surface area (Å²) in [4.78, 5) is 27.8. The molecule has 36 heavy (non-hydrogen) atoms. The van der Waals surface area contributed by atoms with Crippen molar-refractivity contribution in [3.63, 3.8) is 0 Å². The minimum Gasteiger partial charge on any atom is -0.481 e. The second kappa shape index (κ2) is 11.2. The van der Waals surface area contributed by atoms with E-state index in [0.29, 0.717) is 11.4 Å². The van der Waals surface area contributed by atoms with Crippen LogP contribution in [0.15, 0.2) is 66.9 Å². The van der Waals surface area contributed by atoms with E-state index < -0.39 is 12.1 Å². The maximum Gasteiger partial charge on any atom is 0.491 e. The molecule has 0 aliphatic heterocycles. The third-order valence-corrected chi connectivity index (χ3v) is 4.86. The lowest BCUT2D eigenvalue weighted by molar-refractivity contribution is -0.189. The fourth-order valence-corrected chi connectivity index (χ4v) is 3.02. The molecule has 4 N–H and O–H groups in total. The minimum atomic E-state index is -5.17. The molecule has 0 atom stereocenters. The van der Waals surface area contributed by atoms with Gasteiger partial charge < -0.3 is 20.5 Å².